The molecule has 0 aliphatic heterocycles. The lowest BCUT2D eigenvalue weighted by molar-refractivity contribution is -0.146. The molecule has 4 heteroatoms. The zero-order valence-electron chi connectivity index (χ0n) is 15.8. The number of aliphatic carboxylic acids is 1. The van der Waals surface area contributed by atoms with Crippen molar-refractivity contribution in [2.24, 2.45) is 5.73 Å². The van der Waals surface area contributed by atoms with Crippen LogP contribution >= 0.6 is 0 Å². The number of carboxylic acid groups (broad SMARTS) is 1. The molecular weight excluding hydrogens is 338 g/mol. The average molecular weight is 365 g/mol. The molecule has 0 unspecified atom stereocenters. The van der Waals surface area contributed by atoms with Crippen LogP contribution in [0.3, 0.4) is 0 Å². The molecule has 0 heterocycles. The molecule has 0 amide bonds. The van der Waals surface area contributed by atoms with Crippen LogP contribution in [0, 0.1) is 0 Å². The quantitative estimate of drug-likeness (QED) is 0.616. The summed E-state index contributed by atoms with van der Waals surface area (Å²) in [6.45, 7) is 4.20. The molecule has 0 fully saturated rings. The fourth-order valence-corrected chi connectivity index (χ4v) is 2.80. The summed E-state index contributed by atoms with van der Waals surface area (Å²) in [5, 5.41) is 20.0. The van der Waals surface area contributed by atoms with Crippen molar-refractivity contribution in [2.75, 3.05) is 0 Å². The molecule has 0 saturated heterocycles. The van der Waals surface area contributed by atoms with Gasteiger partial charge in [-0.15, -0.1) is 0 Å². The topological polar surface area (TPSA) is 83.6 Å². The molecule has 0 saturated carbocycles. The number of aliphatic hydroxyl groups is 1. The third kappa shape index (κ3) is 5.91. The van der Waals surface area contributed by atoms with Crippen molar-refractivity contribution in [2.45, 2.75) is 38.8 Å². The lowest BCUT2D eigenvalue weighted by Gasteiger charge is -2.06. The van der Waals surface area contributed by atoms with Gasteiger partial charge in [0.25, 0.3) is 0 Å². The van der Waals surface area contributed by atoms with Crippen molar-refractivity contribution >= 4 is 16.7 Å². The first-order valence-electron chi connectivity index (χ1n) is 9.16. The van der Waals surface area contributed by atoms with E-state index in [1.165, 1.54) is 24.0 Å². The number of nitrogens with two attached hydrogens (primary N) is 1. The van der Waals surface area contributed by atoms with E-state index in [-0.39, 0.29) is 6.04 Å². The van der Waals surface area contributed by atoms with Gasteiger partial charge in [-0.1, -0.05) is 74.0 Å². The maximum Gasteiger partial charge on any atom is 0.337 e. The van der Waals surface area contributed by atoms with Crippen molar-refractivity contribution in [1.29, 1.82) is 0 Å². The third-order valence-corrected chi connectivity index (χ3v) is 4.37. The van der Waals surface area contributed by atoms with Gasteiger partial charge in [-0.2, -0.15) is 0 Å². The Morgan fingerprint density at radius 1 is 0.963 bits per heavy atom. The highest BCUT2D eigenvalue weighted by Crippen LogP contribution is 2.20. The van der Waals surface area contributed by atoms with Gasteiger partial charge >= 0.3 is 5.97 Å². The fraction of sp³-hybridized carbons (Fsp3) is 0.261. The van der Waals surface area contributed by atoms with Crippen LogP contribution in [0.4, 0.5) is 0 Å². The minimum absolute atomic E-state index is 0.153. The molecule has 0 radical (unpaired) electrons. The molecule has 3 rings (SSSR count). The van der Waals surface area contributed by atoms with E-state index in [2.05, 4.69) is 31.2 Å². The number of rotatable bonds is 5. The summed E-state index contributed by atoms with van der Waals surface area (Å²) in [6, 6.07) is 21.5. The fourth-order valence-electron chi connectivity index (χ4n) is 2.80. The highest BCUT2D eigenvalue weighted by molar-refractivity contribution is 5.84. The van der Waals surface area contributed by atoms with Crippen molar-refractivity contribution in [3.05, 3.63) is 83.4 Å². The molecule has 142 valence electrons. The molecule has 4 nitrogen and oxygen atoms in total. The second kappa shape index (κ2) is 9.86. The summed E-state index contributed by atoms with van der Waals surface area (Å²) in [5.74, 6) is -1.23. The molecule has 0 aliphatic rings. The number of carboxylic acids is 1. The van der Waals surface area contributed by atoms with E-state index in [4.69, 9.17) is 10.8 Å². The summed E-state index contributed by atoms with van der Waals surface area (Å²) >= 11 is 0. The van der Waals surface area contributed by atoms with Crippen LogP contribution in [-0.2, 0) is 11.2 Å². The van der Waals surface area contributed by atoms with E-state index < -0.39 is 12.1 Å². The van der Waals surface area contributed by atoms with Gasteiger partial charge in [-0.3, -0.25) is 0 Å². The molecular formula is C23H27NO3. The molecule has 2 atom stereocenters. The number of benzene rings is 3. The van der Waals surface area contributed by atoms with E-state index >= 15 is 0 Å². The van der Waals surface area contributed by atoms with Gasteiger partial charge in [0.1, 0.15) is 0 Å². The summed E-state index contributed by atoms with van der Waals surface area (Å²) < 4.78 is 0. The standard InChI is InChI=1S/C12H10O3.C11H17N/c13-11(12(14)15)10-6-5-8-3-1-2-4-9(8)7-10;1-3-4-10-5-7-11(8-6-10)9(2)12/h1-7,11,13H,(H,14,15);5-9H,3-4,12H2,1-2H3/t11-;9-/m00/s1. The normalized spacial score (nSPS) is 12.7. The molecule has 0 spiro atoms. The number of aryl methyl sites for hydroxylation is 1. The molecule has 4 N–H and O–H groups in total. The Morgan fingerprint density at radius 3 is 2.11 bits per heavy atom. The maximum absolute atomic E-state index is 10.6. The largest absolute Gasteiger partial charge is 0.479 e. The Bertz CT molecular complexity index is 872. The van der Waals surface area contributed by atoms with Gasteiger partial charge < -0.3 is 15.9 Å². The maximum atomic E-state index is 10.6. The van der Waals surface area contributed by atoms with Gasteiger partial charge in [0.05, 0.1) is 0 Å². The lowest BCUT2D eigenvalue weighted by Crippen LogP contribution is -2.10. The minimum Gasteiger partial charge on any atom is -0.479 e. The highest BCUT2D eigenvalue weighted by Gasteiger charge is 2.15. The smallest absolute Gasteiger partial charge is 0.337 e. The Labute approximate surface area is 160 Å². The first-order valence-corrected chi connectivity index (χ1v) is 9.16. The number of aliphatic hydroxyl groups excluding tert-OH is 1. The van der Waals surface area contributed by atoms with E-state index in [1.807, 2.05) is 31.2 Å². The zero-order chi connectivity index (χ0) is 19.8. The molecule has 3 aromatic rings. The Kier molecular flexibility index (Phi) is 7.53. The Balaban J connectivity index is 0.000000199. The van der Waals surface area contributed by atoms with Crippen LogP contribution in [-0.4, -0.2) is 16.2 Å². The summed E-state index contributed by atoms with van der Waals surface area (Å²) in [7, 11) is 0. The van der Waals surface area contributed by atoms with Crippen LogP contribution in [0.5, 0.6) is 0 Å². The Hall–Kier alpha value is -2.69. The van der Waals surface area contributed by atoms with Crippen molar-refractivity contribution < 1.29 is 15.0 Å². The zero-order valence-corrected chi connectivity index (χ0v) is 15.8. The number of hydrogen-bond acceptors (Lipinski definition) is 3. The molecule has 27 heavy (non-hydrogen) atoms. The van der Waals surface area contributed by atoms with Crippen LogP contribution in [0.25, 0.3) is 10.8 Å². The molecule has 0 aromatic heterocycles. The van der Waals surface area contributed by atoms with E-state index in [1.54, 1.807) is 18.2 Å². The van der Waals surface area contributed by atoms with Crippen LogP contribution in [0.15, 0.2) is 66.7 Å². The van der Waals surface area contributed by atoms with Crippen molar-refractivity contribution in [1.82, 2.24) is 0 Å². The van der Waals surface area contributed by atoms with Crippen molar-refractivity contribution in [3.8, 4) is 0 Å². The summed E-state index contributed by atoms with van der Waals surface area (Å²) in [5.41, 5.74) is 8.76. The predicted octanol–water partition coefficient (Wildman–Crippen LogP) is 4.62. The minimum atomic E-state index is -1.45. The second-order valence-corrected chi connectivity index (χ2v) is 6.63. The van der Waals surface area contributed by atoms with E-state index in [0.717, 1.165) is 10.8 Å². The molecule has 0 aliphatic carbocycles. The average Bonchev–Trinajstić information content (AvgIpc) is 2.68. The molecule has 3 aromatic carbocycles. The van der Waals surface area contributed by atoms with Gasteiger partial charge in [0, 0.05) is 6.04 Å². The number of carbonyl (C=O) groups is 1. The van der Waals surface area contributed by atoms with Gasteiger partial charge in [-0.25, -0.2) is 4.79 Å². The van der Waals surface area contributed by atoms with Gasteiger partial charge in [0.2, 0.25) is 0 Å². The number of fused-ring (bicyclic) bond motifs is 1. The second-order valence-electron chi connectivity index (χ2n) is 6.63. The summed E-state index contributed by atoms with van der Waals surface area (Å²) in [4.78, 5) is 10.6. The molecule has 0 bridgehead atoms. The number of hydrogen-bond donors (Lipinski definition) is 3. The van der Waals surface area contributed by atoms with Gasteiger partial charge in [-0.05, 0) is 46.9 Å². The predicted molar refractivity (Wildman–Crippen MR) is 110 cm³/mol. The van der Waals surface area contributed by atoms with E-state index in [9.17, 15) is 9.90 Å². The van der Waals surface area contributed by atoms with E-state index in [0.29, 0.717) is 5.56 Å². The van der Waals surface area contributed by atoms with Crippen LogP contribution in [0.1, 0.15) is 49.1 Å². The monoisotopic (exact) mass is 365 g/mol. The van der Waals surface area contributed by atoms with Crippen molar-refractivity contribution in [3.63, 3.8) is 0 Å². The first kappa shape index (κ1) is 20.6. The van der Waals surface area contributed by atoms with Crippen LogP contribution < -0.4 is 5.73 Å². The van der Waals surface area contributed by atoms with Crippen LogP contribution in [0.2, 0.25) is 0 Å². The third-order valence-electron chi connectivity index (χ3n) is 4.37. The first-order chi connectivity index (χ1) is 12.9. The Morgan fingerprint density at radius 2 is 1.56 bits per heavy atom. The highest BCUT2D eigenvalue weighted by atomic mass is 16.4. The summed E-state index contributed by atoms with van der Waals surface area (Å²) in [6.07, 6.45) is 0.922. The van der Waals surface area contributed by atoms with Gasteiger partial charge in [0.15, 0.2) is 6.10 Å². The lowest BCUT2D eigenvalue weighted by atomic mass is 10.0. The SMILES string of the molecule is CCCc1ccc([C@H](C)N)cc1.O=C(O)[C@@H](O)c1ccc2ccccc2c1.